The molecule has 0 spiro atoms. The normalized spacial score (nSPS) is 16.1. The fraction of sp³-hybridized carbons (Fsp3) is 0.647. The third-order valence-electron chi connectivity index (χ3n) is 4.13. The maximum atomic E-state index is 5.99. The highest BCUT2D eigenvalue weighted by Gasteiger charge is 2.32. The van der Waals surface area contributed by atoms with E-state index in [1.54, 1.807) is 0 Å². The van der Waals surface area contributed by atoms with Crippen LogP contribution in [0.15, 0.2) is 24.3 Å². The Morgan fingerprint density at radius 1 is 1.11 bits per heavy atom. The molecule has 0 aliphatic carbocycles. The van der Waals surface area contributed by atoms with Gasteiger partial charge in [-0.3, -0.25) is 0 Å². The van der Waals surface area contributed by atoms with E-state index in [1.807, 2.05) is 7.05 Å². The molecular weight excluding hydrogens is 234 g/mol. The second-order valence-electron chi connectivity index (χ2n) is 5.31. The maximum absolute atomic E-state index is 5.99. The highest BCUT2D eigenvalue weighted by Crippen LogP contribution is 2.23. The summed E-state index contributed by atoms with van der Waals surface area (Å²) in [5, 5.41) is 3.43. The Morgan fingerprint density at radius 3 is 2.11 bits per heavy atom. The van der Waals surface area contributed by atoms with Crippen LogP contribution in [0.4, 0.5) is 0 Å². The van der Waals surface area contributed by atoms with Crippen molar-refractivity contribution in [3.63, 3.8) is 0 Å². The summed E-state index contributed by atoms with van der Waals surface area (Å²) in [4.78, 5) is 0. The molecule has 1 rings (SSSR count). The quantitative estimate of drug-likeness (QED) is 0.774. The van der Waals surface area contributed by atoms with Crippen LogP contribution in [0.3, 0.4) is 0 Å². The maximum Gasteiger partial charge on any atom is 0.0807 e. The smallest absolute Gasteiger partial charge is 0.0807 e. The van der Waals surface area contributed by atoms with E-state index in [0.29, 0.717) is 6.04 Å². The van der Waals surface area contributed by atoms with Crippen LogP contribution in [0.2, 0.25) is 0 Å². The molecule has 0 aliphatic rings. The molecule has 2 unspecified atom stereocenters. The molecule has 19 heavy (non-hydrogen) atoms. The van der Waals surface area contributed by atoms with Gasteiger partial charge < -0.3 is 10.1 Å². The first kappa shape index (κ1) is 16.2. The molecule has 0 saturated heterocycles. The van der Waals surface area contributed by atoms with E-state index in [2.05, 4.69) is 57.3 Å². The number of aryl methyl sites for hydroxylation is 1. The number of likely N-dealkylation sites (N-methyl/N-ethyl adjacent to an activating group) is 1. The fourth-order valence-corrected chi connectivity index (χ4v) is 2.55. The molecule has 0 aromatic heterocycles. The van der Waals surface area contributed by atoms with E-state index in [-0.39, 0.29) is 5.60 Å². The molecule has 0 aliphatic heterocycles. The minimum absolute atomic E-state index is 0.104. The number of hydrogen-bond donors (Lipinski definition) is 1. The van der Waals surface area contributed by atoms with Crippen LogP contribution < -0.4 is 5.32 Å². The SMILES string of the molecule is CCOC(C)(CC)C(Cc1ccc(CC)cc1)NC. The van der Waals surface area contributed by atoms with E-state index in [1.165, 1.54) is 11.1 Å². The first-order chi connectivity index (χ1) is 9.09. The first-order valence-corrected chi connectivity index (χ1v) is 7.48. The molecule has 108 valence electrons. The lowest BCUT2D eigenvalue weighted by atomic mass is 9.88. The topological polar surface area (TPSA) is 21.3 Å². The van der Waals surface area contributed by atoms with Crippen LogP contribution in [0.25, 0.3) is 0 Å². The van der Waals surface area contributed by atoms with Gasteiger partial charge in [0.05, 0.1) is 5.60 Å². The molecule has 0 heterocycles. The fourth-order valence-electron chi connectivity index (χ4n) is 2.55. The summed E-state index contributed by atoms with van der Waals surface area (Å²) in [5.74, 6) is 0. The van der Waals surface area contributed by atoms with Crippen molar-refractivity contribution in [1.29, 1.82) is 0 Å². The second-order valence-corrected chi connectivity index (χ2v) is 5.31. The molecule has 0 radical (unpaired) electrons. The number of nitrogens with one attached hydrogen (secondary N) is 1. The van der Waals surface area contributed by atoms with E-state index < -0.39 is 0 Å². The van der Waals surface area contributed by atoms with Crippen molar-refractivity contribution in [3.8, 4) is 0 Å². The zero-order valence-corrected chi connectivity index (χ0v) is 13.1. The Labute approximate surface area is 118 Å². The number of benzene rings is 1. The summed E-state index contributed by atoms with van der Waals surface area (Å²) in [5.41, 5.74) is 2.66. The summed E-state index contributed by atoms with van der Waals surface area (Å²) < 4.78 is 5.99. The van der Waals surface area contributed by atoms with Gasteiger partial charge in [-0.2, -0.15) is 0 Å². The highest BCUT2D eigenvalue weighted by atomic mass is 16.5. The molecule has 0 saturated carbocycles. The average molecular weight is 263 g/mol. The predicted octanol–water partition coefficient (Wildman–Crippen LogP) is 3.58. The van der Waals surface area contributed by atoms with E-state index >= 15 is 0 Å². The van der Waals surface area contributed by atoms with Gasteiger partial charge in [-0.15, -0.1) is 0 Å². The zero-order valence-electron chi connectivity index (χ0n) is 13.1. The van der Waals surface area contributed by atoms with Crippen LogP contribution in [0.1, 0.15) is 45.2 Å². The molecule has 2 heteroatoms. The number of rotatable bonds is 8. The Balaban J connectivity index is 2.79. The lowest BCUT2D eigenvalue weighted by Gasteiger charge is -2.37. The summed E-state index contributed by atoms with van der Waals surface area (Å²) >= 11 is 0. The van der Waals surface area contributed by atoms with Gasteiger partial charge in [-0.05, 0) is 51.3 Å². The van der Waals surface area contributed by atoms with Gasteiger partial charge in [-0.25, -0.2) is 0 Å². The average Bonchev–Trinajstić information content (AvgIpc) is 2.45. The Kier molecular flexibility index (Phi) is 6.53. The summed E-state index contributed by atoms with van der Waals surface area (Å²) in [7, 11) is 2.03. The Bertz CT molecular complexity index is 360. The van der Waals surface area contributed by atoms with Crippen molar-refractivity contribution in [3.05, 3.63) is 35.4 Å². The van der Waals surface area contributed by atoms with Crippen LogP contribution in [-0.4, -0.2) is 25.3 Å². The van der Waals surface area contributed by atoms with Gasteiger partial charge in [0.25, 0.3) is 0 Å². The van der Waals surface area contributed by atoms with E-state index in [0.717, 1.165) is 25.9 Å². The van der Waals surface area contributed by atoms with Gasteiger partial charge in [0.1, 0.15) is 0 Å². The summed E-state index contributed by atoms with van der Waals surface area (Å²) in [6.07, 6.45) is 3.12. The molecule has 0 bridgehead atoms. The van der Waals surface area contributed by atoms with Crippen LogP contribution in [0.5, 0.6) is 0 Å². The Morgan fingerprint density at radius 2 is 1.68 bits per heavy atom. The van der Waals surface area contributed by atoms with Gasteiger partial charge in [-0.1, -0.05) is 38.1 Å². The van der Waals surface area contributed by atoms with Crippen LogP contribution in [0, 0.1) is 0 Å². The highest BCUT2D eigenvalue weighted by molar-refractivity contribution is 5.23. The molecule has 1 N–H and O–H groups in total. The van der Waals surface area contributed by atoms with Crippen molar-refractivity contribution in [2.75, 3.05) is 13.7 Å². The first-order valence-electron chi connectivity index (χ1n) is 7.48. The van der Waals surface area contributed by atoms with Gasteiger partial charge in [0.2, 0.25) is 0 Å². The molecule has 1 aromatic carbocycles. The monoisotopic (exact) mass is 263 g/mol. The van der Waals surface area contributed by atoms with Crippen LogP contribution in [-0.2, 0) is 17.6 Å². The third-order valence-corrected chi connectivity index (χ3v) is 4.13. The summed E-state index contributed by atoms with van der Waals surface area (Å²) in [6.45, 7) is 9.42. The lowest BCUT2D eigenvalue weighted by Crippen LogP contribution is -2.50. The molecular formula is C17H29NO. The summed E-state index contributed by atoms with van der Waals surface area (Å²) in [6, 6.07) is 9.28. The molecule has 2 atom stereocenters. The van der Waals surface area contributed by atoms with Crippen molar-refractivity contribution in [2.24, 2.45) is 0 Å². The molecule has 0 amide bonds. The van der Waals surface area contributed by atoms with E-state index in [9.17, 15) is 0 Å². The van der Waals surface area contributed by atoms with Crippen molar-refractivity contribution in [1.82, 2.24) is 5.32 Å². The standard InChI is InChI=1S/C17H29NO/c1-6-14-9-11-15(12-10-14)13-16(18-5)17(4,7-2)19-8-3/h9-12,16,18H,6-8,13H2,1-5H3. The molecule has 1 aromatic rings. The van der Waals surface area contributed by atoms with Crippen molar-refractivity contribution >= 4 is 0 Å². The van der Waals surface area contributed by atoms with Gasteiger partial charge in [0, 0.05) is 12.6 Å². The van der Waals surface area contributed by atoms with Crippen LogP contribution >= 0.6 is 0 Å². The third kappa shape index (κ3) is 4.32. The van der Waals surface area contributed by atoms with Crippen molar-refractivity contribution < 1.29 is 4.74 Å². The predicted molar refractivity (Wildman–Crippen MR) is 82.7 cm³/mol. The Hall–Kier alpha value is -0.860. The van der Waals surface area contributed by atoms with Crippen molar-refractivity contribution in [2.45, 2.75) is 58.6 Å². The molecule has 0 fully saturated rings. The largest absolute Gasteiger partial charge is 0.374 e. The van der Waals surface area contributed by atoms with Gasteiger partial charge >= 0.3 is 0 Å². The van der Waals surface area contributed by atoms with Gasteiger partial charge in [0.15, 0.2) is 0 Å². The number of ether oxygens (including phenoxy) is 1. The second kappa shape index (κ2) is 7.66. The zero-order chi connectivity index (χ0) is 14.3. The molecule has 2 nitrogen and oxygen atoms in total. The van der Waals surface area contributed by atoms with E-state index in [4.69, 9.17) is 4.74 Å². The minimum atomic E-state index is -0.104. The number of hydrogen-bond acceptors (Lipinski definition) is 2. The minimum Gasteiger partial charge on any atom is -0.374 e. The lowest BCUT2D eigenvalue weighted by molar-refractivity contribution is -0.0534.